The van der Waals surface area contributed by atoms with Gasteiger partial charge in [-0.3, -0.25) is 4.79 Å². The van der Waals surface area contributed by atoms with E-state index >= 15 is 0 Å². The Hall–Kier alpha value is -1.51. The number of benzene rings is 1. The molecule has 1 heterocycles. The topological polar surface area (TPSA) is 38.3 Å². The van der Waals surface area contributed by atoms with Crippen LogP contribution in [-0.2, 0) is 4.79 Å². The lowest BCUT2D eigenvalue weighted by Crippen LogP contribution is -2.36. The van der Waals surface area contributed by atoms with Crippen molar-refractivity contribution in [1.29, 1.82) is 0 Å². The van der Waals surface area contributed by atoms with Crippen LogP contribution in [0, 0.1) is 0 Å². The van der Waals surface area contributed by atoms with Gasteiger partial charge in [0.25, 0.3) is 5.91 Å². The number of amides is 1. The average molecular weight is 177 g/mol. The average Bonchev–Trinajstić information content (AvgIpc) is 2.17. The van der Waals surface area contributed by atoms with Crippen molar-refractivity contribution in [2.45, 2.75) is 19.4 Å². The van der Waals surface area contributed by atoms with Gasteiger partial charge < -0.3 is 10.1 Å². The fourth-order valence-electron chi connectivity index (χ4n) is 1.36. The van der Waals surface area contributed by atoms with Crippen LogP contribution in [0.2, 0.25) is 0 Å². The lowest BCUT2D eigenvalue weighted by atomic mass is 10.2. The highest BCUT2D eigenvalue weighted by molar-refractivity contribution is 5.97. The van der Waals surface area contributed by atoms with Gasteiger partial charge in [-0.2, -0.15) is 0 Å². The molecule has 1 aliphatic heterocycles. The molecule has 0 aromatic heterocycles. The number of nitrogens with one attached hydrogen (secondary N) is 1. The second-order valence-electron chi connectivity index (χ2n) is 3.00. The van der Waals surface area contributed by atoms with E-state index in [2.05, 4.69) is 5.32 Å². The third kappa shape index (κ3) is 1.37. The Morgan fingerprint density at radius 2 is 2.23 bits per heavy atom. The summed E-state index contributed by atoms with van der Waals surface area (Å²) in [7, 11) is 0. The number of hydrogen-bond donors (Lipinski definition) is 1. The monoisotopic (exact) mass is 177 g/mol. The molecule has 0 bridgehead atoms. The van der Waals surface area contributed by atoms with Crippen LogP contribution in [0.3, 0.4) is 0 Å². The molecule has 0 fully saturated rings. The maximum absolute atomic E-state index is 11.4. The van der Waals surface area contributed by atoms with E-state index in [0.29, 0.717) is 6.42 Å². The summed E-state index contributed by atoms with van der Waals surface area (Å²) in [5, 5.41) is 2.80. The number of fused-ring (bicyclic) bond motifs is 1. The molecule has 2 rings (SSSR count). The van der Waals surface area contributed by atoms with Gasteiger partial charge in [0.15, 0.2) is 6.10 Å². The molecule has 1 aliphatic rings. The zero-order valence-corrected chi connectivity index (χ0v) is 7.41. The predicted molar refractivity (Wildman–Crippen MR) is 49.8 cm³/mol. The fraction of sp³-hybridized carbons (Fsp3) is 0.300. The minimum absolute atomic E-state index is 0.0544. The number of carbonyl (C=O) groups is 1. The summed E-state index contributed by atoms with van der Waals surface area (Å²) < 4.78 is 5.48. The highest BCUT2D eigenvalue weighted by atomic mass is 16.5. The number of hydrogen-bond acceptors (Lipinski definition) is 2. The van der Waals surface area contributed by atoms with Crippen molar-refractivity contribution in [3.05, 3.63) is 24.3 Å². The first-order valence-corrected chi connectivity index (χ1v) is 4.38. The zero-order chi connectivity index (χ0) is 9.26. The highest BCUT2D eigenvalue weighted by Crippen LogP contribution is 2.29. The smallest absolute Gasteiger partial charge is 0.265 e. The Bertz CT molecular complexity index is 335. The van der Waals surface area contributed by atoms with Gasteiger partial charge in [-0.1, -0.05) is 19.1 Å². The van der Waals surface area contributed by atoms with Crippen molar-refractivity contribution in [2.75, 3.05) is 5.32 Å². The van der Waals surface area contributed by atoms with E-state index in [4.69, 9.17) is 4.74 Å². The van der Waals surface area contributed by atoms with Gasteiger partial charge in [0.2, 0.25) is 0 Å². The van der Waals surface area contributed by atoms with Gasteiger partial charge in [0, 0.05) is 0 Å². The van der Waals surface area contributed by atoms with E-state index in [-0.39, 0.29) is 12.0 Å². The summed E-state index contributed by atoms with van der Waals surface area (Å²) in [6.07, 6.45) is 0.357. The molecular formula is C10H11NO2. The van der Waals surface area contributed by atoms with Crippen molar-refractivity contribution in [3.63, 3.8) is 0 Å². The van der Waals surface area contributed by atoms with Gasteiger partial charge >= 0.3 is 0 Å². The van der Waals surface area contributed by atoms with E-state index in [1.165, 1.54) is 0 Å². The van der Waals surface area contributed by atoms with E-state index in [0.717, 1.165) is 11.4 Å². The molecule has 1 amide bonds. The summed E-state index contributed by atoms with van der Waals surface area (Å²) in [6, 6.07) is 7.45. The molecule has 1 aromatic carbocycles. The Labute approximate surface area is 76.7 Å². The Kier molecular flexibility index (Phi) is 1.93. The van der Waals surface area contributed by atoms with Crippen molar-refractivity contribution in [1.82, 2.24) is 0 Å². The Morgan fingerprint density at radius 1 is 1.46 bits per heavy atom. The van der Waals surface area contributed by atoms with E-state index in [9.17, 15) is 4.79 Å². The van der Waals surface area contributed by atoms with Crippen LogP contribution in [-0.4, -0.2) is 12.0 Å². The molecule has 1 N–H and O–H groups in total. The van der Waals surface area contributed by atoms with E-state index in [1.54, 1.807) is 0 Å². The normalized spacial score (nSPS) is 20.1. The molecule has 68 valence electrons. The first-order valence-electron chi connectivity index (χ1n) is 4.38. The van der Waals surface area contributed by atoms with Crippen LogP contribution in [0.4, 0.5) is 5.69 Å². The fourth-order valence-corrected chi connectivity index (χ4v) is 1.36. The molecule has 13 heavy (non-hydrogen) atoms. The largest absolute Gasteiger partial charge is 0.478 e. The van der Waals surface area contributed by atoms with E-state index < -0.39 is 0 Å². The van der Waals surface area contributed by atoms with Crippen LogP contribution in [0.15, 0.2) is 24.3 Å². The lowest BCUT2D eigenvalue weighted by molar-refractivity contribution is -0.123. The molecule has 0 radical (unpaired) electrons. The van der Waals surface area contributed by atoms with Crippen molar-refractivity contribution < 1.29 is 9.53 Å². The third-order valence-corrected chi connectivity index (χ3v) is 2.08. The van der Waals surface area contributed by atoms with Crippen molar-refractivity contribution in [2.24, 2.45) is 0 Å². The molecule has 1 atom stereocenters. The van der Waals surface area contributed by atoms with E-state index in [1.807, 2.05) is 31.2 Å². The first kappa shape index (κ1) is 8.10. The van der Waals surface area contributed by atoms with Gasteiger partial charge in [-0.05, 0) is 18.6 Å². The number of para-hydroxylation sites is 2. The molecule has 0 spiro atoms. The summed E-state index contributed by atoms with van der Waals surface area (Å²) in [4.78, 5) is 11.4. The van der Waals surface area contributed by atoms with Crippen LogP contribution in [0.25, 0.3) is 0 Å². The van der Waals surface area contributed by atoms with Crippen LogP contribution >= 0.6 is 0 Å². The molecule has 0 aliphatic carbocycles. The zero-order valence-electron chi connectivity index (χ0n) is 7.41. The second kappa shape index (κ2) is 3.09. The number of anilines is 1. The highest BCUT2D eigenvalue weighted by Gasteiger charge is 2.25. The summed E-state index contributed by atoms with van der Waals surface area (Å²) in [5.41, 5.74) is 0.761. The summed E-state index contributed by atoms with van der Waals surface area (Å²) in [5.74, 6) is 0.704. The summed E-state index contributed by atoms with van der Waals surface area (Å²) in [6.45, 7) is 1.93. The minimum Gasteiger partial charge on any atom is -0.478 e. The second-order valence-corrected chi connectivity index (χ2v) is 3.00. The van der Waals surface area contributed by atoms with Gasteiger partial charge in [0.1, 0.15) is 5.75 Å². The molecule has 3 nitrogen and oxygen atoms in total. The maximum atomic E-state index is 11.4. The van der Waals surface area contributed by atoms with Gasteiger partial charge in [0.05, 0.1) is 5.69 Å². The van der Waals surface area contributed by atoms with Crippen molar-refractivity contribution in [3.8, 4) is 5.75 Å². The molecule has 1 aromatic rings. The number of ether oxygens (including phenoxy) is 1. The number of carbonyl (C=O) groups excluding carboxylic acids is 1. The van der Waals surface area contributed by atoms with Crippen LogP contribution in [0.1, 0.15) is 13.3 Å². The van der Waals surface area contributed by atoms with Gasteiger partial charge in [-0.15, -0.1) is 0 Å². The predicted octanol–water partition coefficient (Wildman–Crippen LogP) is 1.80. The standard InChI is InChI=1S/C10H11NO2/c1-2-8-10(12)11-7-5-3-4-6-9(7)13-8/h3-6,8H,2H2,1H3,(H,11,12)/t8-/m0/s1. The first-order chi connectivity index (χ1) is 6.31. The molecule has 0 unspecified atom stereocenters. The lowest BCUT2D eigenvalue weighted by Gasteiger charge is -2.24. The van der Waals surface area contributed by atoms with Crippen LogP contribution in [0.5, 0.6) is 5.75 Å². The number of rotatable bonds is 1. The maximum Gasteiger partial charge on any atom is 0.265 e. The van der Waals surface area contributed by atoms with Gasteiger partial charge in [-0.25, -0.2) is 0 Å². The van der Waals surface area contributed by atoms with Crippen molar-refractivity contribution >= 4 is 11.6 Å². The Morgan fingerprint density at radius 3 is 3.00 bits per heavy atom. The summed E-state index contributed by atoms with van der Waals surface area (Å²) >= 11 is 0. The molecule has 0 saturated heterocycles. The SMILES string of the molecule is CC[C@@H]1Oc2ccccc2NC1=O. The quantitative estimate of drug-likeness (QED) is 0.710. The molecule has 3 heteroatoms. The molecular weight excluding hydrogens is 166 g/mol. The third-order valence-electron chi connectivity index (χ3n) is 2.08. The van der Waals surface area contributed by atoms with Crippen LogP contribution < -0.4 is 10.1 Å². The minimum atomic E-state index is -0.338. The Balaban J connectivity index is 2.33. The molecule has 0 saturated carbocycles.